The highest BCUT2D eigenvalue weighted by atomic mass is 28.3. The molecule has 0 aliphatic carbocycles. The molecule has 1 nitrogen and oxygen atoms in total. The van der Waals surface area contributed by atoms with E-state index >= 15 is 0 Å². The van der Waals surface area contributed by atoms with E-state index in [1.54, 1.807) is 0 Å². The van der Waals surface area contributed by atoms with Crippen molar-refractivity contribution in [3.63, 3.8) is 0 Å². The quantitative estimate of drug-likeness (QED) is 0.0856. The molecule has 9 aromatic carbocycles. The van der Waals surface area contributed by atoms with Crippen LogP contribution in [0.5, 0.6) is 0 Å². The molecular weight excluding hydrogens is 682 g/mol. The third-order valence-corrected chi connectivity index (χ3v) is 15.6. The minimum Gasteiger partial charge on any atom is -0.310 e. The van der Waals surface area contributed by atoms with Gasteiger partial charge in [0.1, 0.15) is 0 Å². The summed E-state index contributed by atoms with van der Waals surface area (Å²) in [6.45, 7) is 14.7. The maximum Gasteiger partial charge on any atom is 0.241 e. The van der Waals surface area contributed by atoms with Crippen molar-refractivity contribution in [2.45, 2.75) is 39.3 Å². The molecule has 0 unspecified atom stereocenters. The molecule has 0 radical (unpaired) electrons. The summed E-state index contributed by atoms with van der Waals surface area (Å²) in [5.41, 5.74) is 7.53. The molecular formula is C50H46BNSi2. The zero-order chi connectivity index (χ0) is 37.2. The Bertz CT molecular complexity index is 2670. The predicted molar refractivity (Wildman–Crippen MR) is 246 cm³/mol. The second-order valence-electron chi connectivity index (χ2n) is 17.0. The Morgan fingerprint density at radius 3 is 1.37 bits per heavy atom. The van der Waals surface area contributed by atoms with Gasteiger partial charge in [-0.05, 0) is 62.6 Å². The molecule has 54 heavy (non-hydrogen) atoms. The second-order valence-corrected chi connectivity index (χ2v) is 27.1. The summed E-state index contributed by atoms with van der Waals surface area (Å²) in [5.74, 6) is 0. The lowest BCUT2D eigenvalue weighted by Crippen LogP contribution is -2.52. The summed E-state index contributed by atoms with van der Waals surface area (Å²) in [4.78, 5) is 2.51. The lowest BCUT2D eigenvalue weighted by molar-refractivity contribution is 1.30. The maximum absolute atomic E-state index is 2.51. The fourth-order valence-electron chi connectivity index (χ4n) is 8.64. The fraction of sp³-hybridized carbons (Fsp3) is 0.120. The second kappa shape index (κ2) is 13.2. The maximum atomic E-state index is 2.51. The average Bonchev–Trinajstić information content (AvgIpc) is 3.18. The molecule has 0 atom stereocenters. The smallest absolute Gasteiger partial charge is 0.241 e. The highest BCUT2D eigenvalue weighted by molar-refractivity contribution is 6.97. The number of benzene rings is 9. The SMILES string of the molecule is C[Si](C)(C)c1ccc(N(c2ccc([Si](C)(C)C)cc2)c2ccc3ccc4c(B(c5ccccc5)c5ccccc5)ccc5c6ccccc6c2c3c45)cc1. The summed E-state index contributed by atoms with van der Waals surface area (Å²) in [7, 11) is -2.96. The van der Waals surface area contributed by atoms with Gasteiger partial charge in [-0.3, -0.25) is 0 Å². The molecule has 262 valence electrons. The van der Waals surface area contributed by atoms with Crippen LogP contribution in [0.25, 0.3) is 43.1 Å². The van der Waals surface area contributed by atoms with Crippen molar-refractivity contribution in [3.05, 3.63) is 170 Å². The van der Waals surface area contributed by atoms with Crippen LogP contribution in [0.1, 0.15) is 0 Å². The normalized spacial score (nSPS) is 12.3. The molecule has 0 N–H and O–H groups in total. The monoisotopic (exact) mass is 727 g/mol. The Morgan fingerprint density at radius 2 is 0.833 bits per heavy atom. The van der Waals surface area contributed by atoms with Crippen molar-refractivity contribution >= 4 is 110 Å². The summed E-state index contributed by atoms with van der Waals surface area (Å²) < 4.78 is 0. The Kier molecular flexibility index (Phi) is 8.37. The van der Waals surface area contributed by atoms with E-state index in [0.717, 1.165) is 0 Å². The Balaban J connectivity index is 1.37. The largest absolute Gasteiger partial charge is 0.310 e. The van der Waals surface area contributed by atoms with Crippen molar-refractivity contribution < 1.29 is 0 Å². The first-order chi connectivity index (χ1) is 26.1. The van der Waals surface area contributed by atoms with Crippen LogP contribution in [0.4, 0.5) is 17.1 Å². The molecule has 9 rings (SSSR count). The van der Waals surface area contributed by atoms with Crippen molar-refractivity contribution in [2.24, 2.45) is 0 Å². The highest BCUT2D eigenvalue weighted by Gasteiger charge is 2.27. The Hall–Kier alpha value is -5.42. The number of hydrogen-bond acceptors (Lipinski definition) is 1. The van der Waals surface area contributed by atoms with E-state index in [2.05, 4.69) is 214 Å². The van der Waals surface area contributed by atoms with Gasteiger partial charge in [-0.1, -0.05) is 206 Å². The van der Waals surface area contributed by atoms with E-state index in [9.17, 15) is 0 Å². The van der Waals surface area contributed by atoms with Gasteiger partial charge in [0.2, 0.25) is 6.71 Å². The van der Waals surface area contributed by atoms with Gasteiger partial charge < -0.3 is 4.90 Å². The van der Waals surface area contributed by atoms with Crippen LogP contribution in [0.15, 0.2) is 170 Å². The number of fused-ring (bicyclic) bond motifs is 3. The fourth-order valence-corrected chi connectivity index (χ4v) is 11.0. The molecule has 4 heteroatoms. The molecule has 0 saturated heterocycles. The Morgan fingerprint density at radius 1 is 0.370 bits per heavy atom. The van der Waals surface area contributed by atoms with Crippen molar-refractivity contribution in [1.29, 1.82) is 0 Å². The molecule has 0 saturated carbocycles. The van der Waals surface area contributed by atoms with E-state index in [1.165, 1.54) is 86.9 Å². The minimum atomic E-state index is -1.48. The van der Waals surface area contributed by atoms with Crippen LogP contribution in [0, 0.1) is 0 Å². The summed E-state index contributed by atoms with van der Waals surface area (Å²) in [6.07, 6.45) is 0. The summed E-state index contributed by atoms with van der Waals surface area (Å²) >= 11 is 0. The van der Waals surface area contributed by atoms with Crippen molar-refractivity contribution in [1.82, 2.24) is 0 Å². The summed E-state index contributed by atoms with van der Waals surface area (Å²) in [6, 6.07) is 64.2. The lowest BCUT2D eigenvalue weighted by atomic mass is 9.36. The lowest BCUT2D eigenvalue weighted by Gasteiger charge is -2.30. The van der Waals surface area contributed by atoms with Gasteiger partial charge in [-0.2, -0.15) is 0 Å². The van der Waals surface area contributed by atoms with E-state index in [4.69, 9.17) is 0 Å². The molecule has 0 aromatic heterocycles. The topological polar surface area (TPSA) is 3.24 Å². The average molecular weight is 728 g/mol. The van der Waals surface area contributed by atoms with E-state index in [1.807, 2.05) is 0 Å². The van der Waals surface area contributed by atoms with Gasteiger partial charge in [0.25, 0.3) is 0 Å². The van der Waals surface area contributed by atoms with Crippen LogP contribution in [0.2, 0.25) is 39.3 Å². The third-order valence-electron chi connectivity index (χ3n) is 11.5. The van der Waals surface area contributed by atoms with E-state index in [0.29, 0.717) is 0 Å². The van der Waals surface area contributed by atoms with Gasteiger partial charge >= 0.3 is 0 Å². The van der Waals surface area contributed by atoms with Crippen LogP contribution in [0.3, 0.4) is 0 Å². The molecule has 0 heterocycles. The third kappa shape index (κ3) is 5.85. The molecule has 0 fully saturated rings. The van der Waals surface area contributed by atoms with Crippen LogP contribution >= 0.6 is 0 Å². The first kappa shape index (κ1) is 34.4. The van der Waals surface area contributed by atoms with Gasteiger partial charge in [-0.15, -0.1) is 0 Å². The van der Waals surface area contributed by atoms with Gasteiger partial charge in [-0.25, -0.2) is 0 Å². The molecule has 0 bridgehead atoms. The van der Waals surface area contributed by atoms with E-state index < -0.39 is 16.1 Å². The number of hydrogen-bond donors (Lipinski definition) is 0. The number of nitrogens with zero attached hydrogens (tertiary/aromatic N) is 1. The highest BCUT2D eigenvalue weighted by Crippen LogP contribution is 2.47. The molecule has 0 aliphatic heterocycles. The molecule has 0 amide bonds. The van der Waals surface area contributed by atoms with Crippen LogP contribution in [-0.4, -0.2) is 22.9 Å². The molecule has 9 aromatic rings. The minimum absolute atomic E-state index is 0.106. The first-order valence-corrected chi connectivity index (χ1v) is 26.3. The van der Waals surface area contributed by atoms with Gasteiger partial charge in [0.05, 0.1) is 21.8 Å². The van der Waals surface area contributed by atoms with Crippen molar-refractivity contribution in [2.75, 3.05) is 4.90 Å². The zero-order valence-corrected chi connectivity index (χ0v) is 34.2. The Labute approximate surface area is 322 Å². The number of anilines is 3. The van der Waals surface area contributed by atoms with Crippen LogP contribution in [-0.2, 0) is 0 Å². The van der Waals surface area contributed by atoms with Gasteiger partial charge in [0.15, 0.2) is 0 Å². The van der Waals surface area contributed by atoms with E-state index in [-0.39, 0.29) is 6.71 Å². The molecule has 0 spiro atoms. The van der Waals surface area contributed by atoms with Crippen LogP contribution < -0.4 is 31.7 Å². The van der Waals surface area contributed by atoms with Crippen molar-refractivity contribution in [3.8, 4) is 0 Å². The first-order valence-electron chi connectivity index (χ1n) is 19.3. The number of rotatable bonds is 8. The summed E-state index contributed by atoms with van der Waals surface area (Å²) in [5, 5.41) is 13.4. The van der Waals surface area contributed by atoms with Gasteiger partial charge in [0, 0.05) is 22.1 Å². The molecule has 0 aliphatic rings. The predicted octanol–water partition coefficient (Wildman–Crippen LogP) is 10.8. The zero-order valence-electron chi connectivity index (χ0n) is 32.2. The standard InChI is InChI=1S/C50H46BNSi2/c1-53(2,3)40-27-23-38(24-28-40)52(39-25-29-41(30-26-39)54(4,5)6)47-34-22-35-21-31-45-46(51(36-15-9-7-10-16-36)37-17-11-8-12-18-37)33-32-44-42-19-13-14-20-43(42)50(47)48(35)49(44)45/h7-34H,1-6H3.